The summed E-state index contributed by atoms with van der Waals surface area (Å²) in [6, 6.07) is 10.3. The van der Waals surface area contributed by atoms with Gasteiger partial charge in [-0.2, -0.15) is 4.72 Å². The van der Waals surface area contributed by atoms with Crippen LogP contribution in [0.1, 0.15) is 12.2 Å². The second kappa shape index (κ2) is 11.8. The molecule has 1 aliphatic rings. The van der Waals surface area contributed by atoms with Crippen molar-refractivity contribution in [2.24, 2.45) is 0 Å². The van der Waals surface area contributed by atoms with E-state index in [0.717, 1.165) is 27.2 Å². The lowest BCUT2D eigenvalue weighted by Gasteiger charge is -2.19. The topological polar surface area (TPSA) is 125 Å². The summed E-state index contributed by atoms with van der Waals surface area (Å²) < 4.78 is 46.2. The summed E-state index contributed by atoms with van der Waals surface area (Å²) in [6.07, 6.45) is 3.63. The zero-order valence-corrected chi connectivity index (χ0v) is 23.3. The number of fused-ring (bicyclic) bond motifs is 1. The van der Waals surface area contributed by atoms with Crippen LogP contribution in [0.5, 0.6) is 0 Å². The number of sulfonamides is 1. The largest absolute Gasteiger partial charge is 0.483 e. The summed E-state index contributed by atoms with van der Waals surface area (Å²) in [5.74, 6) is -0.317. The van der Waals surface area contributed by atoms with E-state index < -0.39 is 27.8 Å². The van der Waals surface area contributed by atoms with Gasteiger partial charge in [-0.3, -0.25) is 9.59 Å². The van der Waals surface area contributed by atoms with E-state index in [4.69, 9.17) is 21.5 Å². The highest BCUT2D eigenvalue weighted by molar-refractivity contribution is 7.91. The van der Waals surface area contributed by atoms with Crippen LogP contribution in [0.4, 0.5) is 10.1 Å². The van der Waals surface area contributed by atoms with Gasteiger partial charge < -0.3 is 19.5 Å². The fourth-order valence-corrected chi connectivity index (χ4v) is 7.13. The highest BCUT2D eigenvalue weighted by atomic mass is 35.5. The maximum absolute atomic E-state index is 15.2. The standard InChI is InChI=1S/C24H23ClFN5O3S2.CH2O2/c1-29(2)14-22-27-8-10-30(22)17-5-6-20(18(26)13-17)31-9-7-19(24(31)32)28-36(33,34)23-11-15-3-4-16(25)12-21(15)35-23;2-1-3/h3-6,8,10-13,19,28H,7,9,14H2,1-2H3;1H,(H,2,3)/t19-;/m0./s1. The third-order valence-electron chi connectivity index (χ3n) is 5.90. The molecule has 5 rings (SSSR count). The Labute approximate surface area is 233 Å². The molecule has 0 saturated carbocycles. The summed E-state index contributed by atoms with van der Waals surface area (Å²) in [5, 5.41) is 8.15. The van der Waals surface area contributed by atoms with Crippen LogP contribution < -0.4 is 9.62 Å². The molecule has 0 bridgehead atoms. The lowest BCUT2D eigenvalue weighted by Crippen LogP contribution is -2.41. The monoisotopic (exact) mass is 593 g/mol. The summed E-state index contributed by atoms with van der Waals surface area (Å²) >= 11 is 7.08. The molecule has 0 radical (unpaired) electrons. The normalized spacial score (nSPS) is 15.6. The number of nitrogens with zero attached hydrogens (tertiary/aromatic N) is 4. The summed E-state index contributed by atoms with van der Waals surface area (Å²) in [7, 11) is -0.110. The molecule has 0 unspecified atom stereocenters. The number of thiophene rings is 1. The highest BCUT2D eigenvalue weighted by Gasteiger charge is 2.37. The number of anilines is 1. The molecule has 1 fully saturated rings. The van der Waals surface area contributed by atoms with E-state index >= 15 is 4.39 Å². The van der Waals surface area contributed by atoms with Crippen molar-refractivity contribution in [3.63, 3.8) is 0 Å². The molecule has 1 amide bonds. The number of halogens is 2. The molecule has 0 aliphatic carbocycles. The van der Waals surface area contributed by atoms with Crippen LogP contribution >= 0.6 is 22.9 Å². The van der Waals surface area contributed by atoms with Crippen molar-refractivity contribution >= 4 is 61.1 Å². The zero-order chi connectivity index (χ0) is 28.3. The number of carbonyl (C=O) groups excluding carboxylic acids is 1. The summed E-state index contributed by atoms with van der Waals surface area (Å²) in [6.45, 7) is 0.525. The zero-order valence-electron chi connectivity index (χ0n) is 20.9. The number of aromatic nitrogens is 2. The number of carboxylic acid groups (broad SMARTS) is 1. The molecule has 206 valence electrons. The quantitative estimate of drug-likeness (QED) is 0.313. The Morgan fingerprint density at radius 1 is 1.26 bits per heavy atom. The van der Waals surface area contributed by atoms with Crippen LogP contribution in [0, 0.1) is 5.82 Å². The predicted octanol–water partition coefficient (Wildman–Crippen LogP) is 3.73. The maximum Gasteiger partial charge on any atom is 0.290 e. The lowest BCUT2D eigenvalue weighted by atomic mass is 10.2. The lowest BCUT2D eigenvalue weighted by molar-refractivity contribution is -0.123. The molecule has 1 aliphatic heterocycles. The minimum absolute atomic E-state index is 0.0930. The fourth-order valence-electron chi connectivity index (χ4n) is 4.22. The van der Waals surface area contributed by atoms with Gasteiger partial charge in [0.05, 0.1) is 12.2 Å². The number of amides is 1. The number of hydrogen-bond acceptors (Lipinski definition) is 7. The molecule has 3 heterocycles. The van der Waals surface area contributed by atoms with E-state index in [-0.39, 0.29) is 29.3 Å². The van der Waals surface area contributed by atoms with E-state index in [1.54, 1.807) is 47.3 Å². The van der Waals surface area contributed by atoms with Crippen molar-refractivity contribution in [1.82, 2.24) is 19.2 Å². The molecule has 2 N–H and O–H groups in total. The Bertz CT molecular complexity index is 1620. The number of imidazole rings is 1. The SMILES string of the molecule is CN(C)Cc1nccn1-c1ccc(N2CC[C@H](NS(=O)(=O)c3cc4ccc(Cl)cc4s3)C2=O)c(F)c1.O=CO. The third kappa shape index (κ3) is 6.28. The van der Waals surface area contributed by atoms with Gasteiger partial charge in [-0.25, -0.2) is 17.8 Å². The number of rotatable bonds is 7. The van der Waals surface area contributed by atoms with E-state index in [0.29, 0.717) is 17.3 Å². The molecular weight excluding hydrogens is 569 g/mol. The highest BCUT2D eigenvalue weighted by Crippen LogP contribution is 2.32. The van der Waals surface area contributed by atoms with Gasteiger partial charge in [-0.05, 0) is 56.2 Å². The average molecular weight is 594 g/mol. The van der Waals surface area contributed by atoms with Gasteiger partial charge >= 0.3 is 0 Å². The Morgan fingerprint density at radius 2 is 2.00 bits per heavy atom. The summed E-state index contributed by atoms with van der Waals surface area (Å²) in [5.41, 5.74) is 0.690. The van der Waals surface area contributed by atoms with Crippen molar-refractivity contribution in [3.05, 3.63) is 71.5 Å². The van der Waals surface area contributed by atoms with Crippen LogP contribution in [-0.2, 0) is 26.2 Å². The molecule has 14 heteroatoms. The van der Waals surface area contributed by atoms with Gasteiger partial charge in [0.2, 0.25) is 5.91 Å². The first-order valence-corrected chi connectivity index (χ1v) is 14.3. The first kappa shape index (κ1) is 28.6. The van der Waals surface area contributed by atoms with Crippen LogP contribution in [0.25, 0.3) is 15.8 Å². The van der Waals surface area contributed by atoms with Crippen molar-refractivity contribution in [2.75, 3.05) is 25.5 Å². The average Bonchev–Trinajstić information content (AvgIpc) is 3.59. The molecule has 10 nitrogen and oxygen atoms in total. The molecule has 4 aromatic rings. The first-order chi connectivity index (χ1) is 18.5. The molecule has 2 aromatic heterocycles. The predicted molar refractivity (Wildman–Crippen MR) is 148 cm³/mol. The van der Waals surface area contributed by atoms with Gasteiger partial charge in [-0.1, -0.05) is 17.7 Å². The van der Waals surface area contributed by atoms with E-state index in [1.165, 1.54) is 17.0 Å². The third-order valence-corrected chi connectivity index (χ3v) is 9.18. The Balaban J connectivity index is 0.00000112. The second-order valence-electron chi connectivity index (χ2n) is 8.89. The smallest absolute Gasteiger partial charge is 0.290 e. The molecule has 39 heavy (non-hydrogen) atoms. The Kier molecular flexibility index (Phi) is 8.67. The maximum atomic E-state index is 15.2. The minimum atomic E-state index is -3.95. The minimum Gasteiger partial charge on any atom is -0.483 e. The Morgan fingerprint density at radius 3 is 2.69 bits per heavy atom. The summed E-state index contributed by atoms with van der Waals surface area (Å²) in [4.78, 5) is 29.0. The van der Waals surface area contributed by atoms with Crippen molar-refractivity contribution < 1.29 is 27.5 Å². The van der Waals surface area contributed by atoms with E-state index in [9.17, 15) is 13.2 Å². The molecule has 2 aromatic carbocycles. The van der Waals surface area contributed by atoms with Crippen LogP contribution in [0.3, 0.4) is 0 Å². The van der Waals surface area contributed by atoms with Gasteiger partial charge in [0, 0.05) is 40.4 Å². The Hall–Kier alpha value is -3.36. The second-order valence-corrected chi connectivity index (χ2v) is 12.4. The van der Waals surface area contributed by atoms with Crippen LogP contribution in [0.2, 0.25) is 5.02 Å². The van der Waals surface area contributed by atoms with Crippen molar-refractivity contribution in [2.45, 2.75) is 23.2 Å². The van der Waals surface area contributed by atoms with Crippen LogP contribution in [0.15, 0.2) is 59.1 Å². The molecule has 0 spiro atoms. The number of benzene rings is 2. The van der Waals surface area contributed by atoms with E-state index in [2.05, 4.69) is 9.71 Å². The number of carbonyl (C=O) groups is 2. The van der Waals surface area contributed by atoms with Gasteiger partial charge in [0.15, 0.2) is 0 Å². The molecule has 1 atom stereocenters. The fraction of sp³-hybridized carbons (Fsp3) is 0.240. The van der Waals surface area contributed by atoms with Crippen LogP contribution in [-0.4, -0.2) is 67.0 Å². The van der Waals surface area contributed by atoms with Crippen molar-refractivity contribution in [1.29, 1.82) is 0 Å². The molecule has 1 saturated heterocycles. The van der Waals surface area contributed by atoms with Gasteiger partial charge in [0.25, 0.3) is 16.5 Å². The van der Waals surface area contributed by atoms with Gasteiger partial charge in [0.1, 0.15) is 21.9 Å². The number of nitrogens with one attached hydrogen (secondary N) is 1. The first-order valence-electron chi connectivity index (χ1n) is 11.6. The van der Waals surface area contributed by atoms with Gasteiger partial charge in [-0.15, -0.1) is 11.3 Å². The molecular formula is C25H25ClFN5O5S2. The van der Waals surface area contributed by atoms with Crippen molar-refractivity contribution in [3.8, 4) is 5.69 Å². The van der Waals surface area contributed by atoms with E-state index in [1.807, 2.05) is 19.0 Å². The number of hydrogen-bond donors (Lipinski definition) is 2.